The smallest absolute Gasteiger partial charge is 0.000741 e. The Kier molecular flexibility index (Phi) is 2.57. The van der Waals surface area contributed by atoms with Gasteiger partial charge in [-0.3, -0.25) is 0 Å². The minimum atomic E-state index is 1.36. The van der Waals surface area contributed by atoms with Crippen LogP contribution in [0.4, 0.5) is 0 Å². The van der Waals surface area contributed by atoms with Crippen molar-refractivity contribution in [3.63, 3.8) is 0 Å². The van der Waals surface area contributed by atoms with E-state index >= 15 is 0 Å². The van der Waals surface area contributed by atoms with Crippen LogP contribution >= 0.6 is 0 Å². The van der Waals surface area contributed by atoms with E-state index in [0.717, 1.165) is 0 Å². The molecule has 0 aliphatic carbocycles. The van der Waals surface area contributed by atoms with Gasteiger partial charge in [-0.25, -0.2) is 0 Å². The van der Waals surface area contributed by atoms with E-state index < -0.39 is 0 Å². The Balaban J connectivity index is 1.81. The molecule has 0 spiro atoms. The lowest BCUT2D eigenvalue weighted by molar-refractivity contribution is 1.89. The van der Waals surface area contributed by atoms with E-state index in [2.05, 4.69) is 97.1 Å². The summed E-state index contributed by atoms with van der Waals surface area (Å²) in [6, 6.07) is 35.4. The van der Waals surface area contributed by atoms with Gasteiger partial charge in [-0.2, -0.15) is 0 Å². The van der Waals surface area contributed by atoms with Gasteiger partial charge < -0.3 is 0 Å². The van der Waals surface area contributed by atoms with E-state index in [1.165, 1.54) is 64.6 Å². The highest BCUT2D eigenvalue weighted by atomic mass is 14.2. The van der Waals surface area contributed by atoms with Crippen molar-refractivity contribution < 1.29 is 0 Å². The quantitative estimate of drug-likeness (QED) is 0.259. The largest absolute Gasteiger partial charge is 0.0622 e. The van der Waals surface area contributed by atoms with Crippen LogP contribution in [0, 0.1) is 0 Å². The van der Waals surface area contributed by atoms with Gasteiger partial charge in [0.1, 0.15) is 0 Å². The maximum Gasteiger partial charge on any atom is -0.000741 e. The summed E-state index contributed by atoms with van der Waals surface area (Å²) in [5, 5.41) is 16.6. The molecule has 0 saturated heterocycles. The van der Waals surface area contributed by atoms with Crippen molar-refractivity contribution in [2.45, 2.75) is 0 Å². The summed E-state index contributed by atoms with van der Waals surface area (Å²) in [6.45, 7) is 0. The summed E-state index contributed by atoms with van der Waals surface area (Å²) in [5.74, 6) is 0. The summed E-state index contributed by atoms with van der Waals surface area (Å²) in [6.07, 6.45) is 0. The van der Waals surface area contributed by atoms with Gasteiger partial charge in [0, 0.05) is 0 Å². The van der Waals surface area contributed by atoms with E-state index in [0.29, 0.717) is 0 Å². The highest BCUT2D eigenvalue weighted by Gasteiger charge is 2.20. The number of fused-ring (bicyclic) bond motifs is 14. The van der Waals surface area contributed by atoms with Crippen molar-refractivity contribution in [2.24, 2.45) is 0 Å². The van der Waals surface area contributed by atoms with Crippen LogP contribution in [0.1, 0.15) is 0 Å². The second-order valence-electron chi connectivity index (χ2n) is 7.68. The van der Waals surface area contributed by atoms with Crippen LogP contribution in [0.2, 0.25) is 0 Å². The van der Waals surface area contributed by atoms with Crippen molar-refractivity contribution in [3.05, 3.63) is 97.1 Å². The predicted molar refractivity (Wildman–Crippen MR) is 123 cm³/mol. The molecule has 0 fully saturated rings. The minimum absolute atomic E-state index is 1.36. The molecule has 0 aliphatic heterocycles. The molecule has 0 nitrogen and oxygen atoms in total. The van der Waals surface area contributed by atoms with Crippen LogP contribution in [0.5, 0.6) is 0 Å². The number of rotatable bonds is 0. The Morgan fingerprint density at radius 3 is 0.893 bits per heavy atom. The number of hydrogen-bond donors (Lipinski definition) is 0. The van der Waals surface area contributed by atoms with Crippen LogP contribution in [0.25, 0.3) is 64.6 Å². The van der Waals surface area contributed by atoms with Gasteiger partial charge in [0.2, 0.25) is 0 Å². The highest BCUT2D eigenvalue weighted by Crippen LogP contribution is 2.49. The lowest BCUT2D eigenvalue weighted by Gasteiger charge is -2.17. The Bertz CT molecular complexity index is 1540. The summed E-state index contributed by atoms with van der Waals surface area (Å²) in [5.41, 5.74) is 0. The molecule has 0 unspecified atom stereocenters. The Hall–Kier alpha value is -3.64. The number of hydrogen-bond acceptors (Lipinski definition) is 0. The minimum Gasteiger partial charge on any atom is -0.0622 e. The first-order chi connectivity index (χ1) is 13.9. The van der Waals surface area contributed by atoms with Crippen LogP contribution < -0.4 is 0 Å². The molecule has 7 aromatic carbocycles. The van der Waals surface area contributed by atoms with Crippen LogP contribution in [-0.4, -0.2) is 0 Å². The molecule has 0 radical (unpaired) electrons. The molecule has 0 aliphatic rings. The van der Waals surface area contributed by atoms with Gasteiger partial charge in [-0.1, -0.05) is 97.1 Å². The molecule has 7 rings (SSSR count). The average Bonchev–Trinajstić information content (AvgIpc) is 3.12. The zero-order valence-corrected chi connectivity index (χ0v) is 15.2. The summed E-state index contributed by atoms with van der Waals surface area (Å²) in [7, 11) is 0. The van der Waals surface area contributed by atoms with Crippen LogP contribution in [0.15, 0.2) is 97.1 Å². The van der Waals surface area contributed by atoms with Gasteiger partial charge in [0.25, 0.3) is 0 Å². The molecule has 0 amide bonds. The van der Waals surface area contributed by atoms with Crippen molar-refractivity contribution in [3.8, 4) is 0 Å². The first kappa shape index (κ1) is 14.4. The summed E-state index contributed by atoms with van der Waals surface area (Å²) in [4.78, 5) is 0. The van der Waals surface area contributed by atoms with E-state index in [-0.39, 0.29) is 0 Å². The van der Waals surface area contributed by atoms with Gasteiger partial charge >= 0.3 is 0 Å². The third-order valence-electron chi connectivity index (χ3n) is 6.36. The SMILES string of the molecule is c1ccc2c(cc1)c1c2cccc2c3cccc4c5cccccc5c4c3c21. The molecule has 0 aromatic heterocycles. The molecule has 0 N–H and O–H groups in total. The maximum atomic E-state index is 2.29. The van der Waals surface area contributed by atoms with Crippen molar-refractivity contribution in [2.75, 3.05) is 0 Å². The van der Waals surface area contributed by atoms with Gasteiger partial charge in [-0.15, -0.1) is 0 Å². The fourth-order valence-corrected chi connectivity index (χ4v) is 5.14. The molecule has 0 atom stereocenters. The van der Waals surface area contributed by atoms with Crippen LogP contribution in [-0.2, 0) is 0 Å². The average molecular weight is 352 g/mol. The fraction of sp³-hybridized carbons (Fsp3) is 0. The Morgan fingerprint density at radius 2 is 0.500 bits per heavy atom. The van der Waals surface area contributed by atoms with Crippen molar-refractivity contribution in [1.82, 2.24) is 0 Å². The zero-order valence-electron chi connectivity index (χ0n) is 15.2. The lowest BCUT2D eigenvalue weighted by atomic mass is 9.85. The fourth-order valence-electron chi connectivity index (χ4n) is 5.14. The molecule has 28 heavy (non-hydrogen) atoms. The van der Waals surface area contributed by atoms with E-state index in [1.54, 1.807) is 0 Å². The Morgan fingerprint density at radius 1 is 0.214 bits per heavy atom. The first-order valence-corrected chi connectivity index (χ1v) is 9.81. The summed E-state index contributed by atoms with van der Waals surface area (Å²) < 4.78 is 0. The van der Waals surface area contributed by atoms with Gasteiger partial charge in [-0.05, 0) is 64.6 Å². The van der Waals surface area contributed by atoms with Crippen molar-refractivity contribution in [1.29, 1.82) is 0 Å². The van der Waals surface area contributed by atoms with E-state index in [1.807, 2.05) is 0 Å². The lowest BCUT2D eigenvalue weighted by Crippen LogP contribution is -1.88. The molecule has 0 heterocycles. The van der Waals surface area contributed by atoms with Gasteiger partial charge in [0.15, 0.2) is 0 Å². The molecule has 7 aromatic rings. The molecule has 0 saturated carbocycles. The molecular weight excluding hydrogens is 336 g/mol. The molecular formula is C28H16. The molecule has 128 valence electrons. The summed E-state index contributed by atoms with van der Waals surface area (Å²) >= 11 is 0. The highest BCUT2D eigenvalue weighted by molar-refractivity contribution is 6.48. The first-order valence-electron chi connectivity index (χ1n) is 9.81. The monoisotopic (exact) mass is 352 g/mol. The Labute approximate surface area is 162 Å². The third-order valence-corrected chi connectivity index (χ3v) is 6.36. The molecule has 0 bridgehead atoms. The van der Waals surface area contributed by atoms with Gasteiger partial charge in [0.05, 0.1) is 0 Å². The molecule has 0 heteroatoms. The standard InChI is InChI=1S/C28H16/c1-3-9-17-19(11-5-1)25-21(17)13-7-15-23-24-16-8-14-22-18-10-4-2-6-12-20(18)26(22)28(24)27(23)25/h1-16H. The van der Waals surface area contributed by atoms with E-state index in [4.69, 9.17) is 0 Å². The second-order valence-corrected chi connectivity index (χ2v) is 7.68. The normalized spacial score (nSPS) is 12.3. The zero-order chi connectivity index (χ0) is 18.2. The van der Waals surface area contributed by atoms with E-state index in [9.17, 15) is 0 Å². The van der Waals surface area contributed by atoms with Crippen LogP contribution in [0.3, 0.4) is 0 Å². The second kappa shape index (κ2) is 4.99. The third kappa shape index (κ3) is 1.58. The topological polar surface area (TPSA) is 0 Å². The maximum absolute atomic E-state index is 2.29. The van der Waals surface area contributed by atoms with Crippen molar-refractivity contribution >= 4 is 64.6 Å². The predicted octanol–water partition coefficient (Wildman–Crippen LogP) is 8.04.